The molecule has 0 saturated carbocycles. The van der Waals surface area contributed by atoms with Gasteiger partial charge in [0, 0.05) is 6.07 Å². The molecule has 0 N–H and O–H groups in total. The van der Waals surface area contributed by atoms with E-state index in [-0.39, 0.29) is 33.8 Å². The van der Waals surface area contributed by atoms with Crippen LogP contribution in [-0.4, -0.2) is 40.3 Å². The standard InChI is InChI=1S/C14H21Cl2N2O2.ClH/c1-11(15)8-18(3,9-12(2)16)10-13-6-4-5-7-14(13)17(19)20;/h4-7,11-12H,8-10H2,1-3H3;1H/q+1;/p-1. The van der Waals surface area contributed by atoms with E-state index in [1.54, 1.807) is 12.1 Å². The molecule has 2 atom stereocenters. The Morgan fingerprint density at radius 2 is 1.67 bits per heavy atom. The zero-order chi connectivity index (χ0) is 15.3. The lowest BCUT2D eigenvalue weighted by Crippen LogP contribution is -3.00. The van der Waals surface area contributed by atoms with Crippen LogP contribution in [0.3, 0.4) is 0 Å². The van der Waals surface area contributed by atoms with Crippen molar-refractivity contribution in [3.63, 3.8) is 0 Å². The predicted molar refractivity (Wildman–Crippen MR) is 83.3 cm³/mol. The molecule has 2 unspecified atom stereocenters. The summed E-state index contributed by atoms with van der Waals surface area (Å²) >= 11 is 12.2. The van der Waals surface area contributed by atoms with Crippen molar-refractivity contribution in [2.75, 3.05) is 20.1 Å². The van der Waals surface area contributed by atoms with Crippen molar-refractivity contribution >= 4 is 28.9 Å². The van der Waals surface area contributed by atoms with E-state index < -0.39 is 0 Å². The van der Waals surface area contributed by atoms with Crippen LogP contribution in [0, 0.1) is 10.1 Å². The first-order valence-electron chi connectivity index (χ1n) is 6.57. The van der Waals surface area contributed by atoms with Gasteiger partial charge in [-0.3, -0.25) is 10.1 Å². The van der Waals surface area contributed by atoms with Crippen LogP contribution < -0.4 is 12.4 Å². The number of rotatable bonds is 7. The van der Waals surface area contributed by atoms with Crippen LogP contribution in [0.15, 0.2) is 24.3 Å². The van der Waals surface area contributed by atoms with Gasteiger partial charge in [-0.2, -0.15) is 0 Å². The molecule has 0 heterocycles. The number of nitro benzene ring substituents is 1. The Bertz CT molecular complexity index is 457. The second kappa shape index (κ2) is 8.79. The van der Waals surface area contributed by atoms with Crippen molar-refractivity contribution in [2.24, 2.45) is 0 Å². The minimum atomic E-state index is -0.339. The lowest BCUT2D eigenvalue weighted by molar-refractivity contribution is -0.921. The second-order valence-electron chi connectivity index (χ2n) is 5.59. The van der Waals surface area contributed by atoms with Gasteiger partial charge in [0.15, 0.2) is 0 Å². The Labute approximate surface area is 142 Å². The maximum atomic E-state index is 11.1. The third-order valence-electron chi connectivity index (χ3n) is 3.13. The zero-order valence-electron chi connectivity index (χ0n) is 12.4. The van der Waals surface area contributed by atoms with E-state index in [1.807, 2.05) is 27.0 Å². The van der Waals surface area contributed by atoms with Crippen LogP contribution in [0.2, 0.25) is 0 Å². The highest BCUT2D eigenvalue weighted by molar-refractivity contribution is 6.20. The number of nitro groups is 1. The van der Waals surface area contributed by atoms with Crippen molar-refractivity contribution in [1.82, 2.24) is 0 Å². The van der Waals surface area contributed by atoms with Crippen LogP contribution in [0.4, 0.5) is 5.69 Å². The summed E-state index contributed by atoms with van der Waals surface area (Å²) < 4.78 is 0.584. The number of halogens is 3. The Morgan fingerprint density at radius 3 is 2.10 bits per heavy atom. The molecule has 0 saturated heterocycles. The molecule has 0 radical (unpaired) electrons. The fourth-order valence-corrected chi connectivity index (χ4v) is 3.32. The van der Waals surface area contributed by atoms with E-state index in [9.17, 15) is 10.1 Å². The smallest absolute Gasteiger partial charge is 0.278 e. The maximum Gasteiger partial charge on any atom is 0.278 e. The molecule has 1 aromatic carbocycles. The van der Waals surface area contributed by atoms with Gasteiger partial charge in [-0.05, 0) is 19.9 Å². The molecule has 4 nitrogen and oxygen atoms in total. The summed E-state index contributed by atoms with van der Waals surface area (Å²) in [5, 5.41) is 11.1. The van der Waals surface area contributed by atoms with E-state index in [0.717, 1.165) is 5.56 Å². The van der Waals surface area contributed by atoms with Crippen LogP contribution in [0.5, 0.6) is 0 Å². The highest BCUT2D eigenvalue weighted by Gasteiger charge is 2.29. The van der Waals surface area contributed by atoms with Gasteiger partial charge >= 0.3 is 0 Å². The van der Waals surface area contributed by atoms with E-state index in [0.29, 0.717) is 24.1 Å². The monoisotopic (exact) mass is 354 g/mol. The Balaban J connectivity index is 0.00000400. The first kappa shape index (κ1) is 20.5. The molecule has 0 aromatic heterocycles. The number of quaternary nitrogens is 1. The van der Waals surface area contributed by atoms with E-state index >= 15 is 0 Å². The summed E-state index contributed by atoms with van der Waals surface area (Å²) in [5.41, 5.74) is 0.871. The van der Waals surface area contributed by atoms with Gasteiger partial charge in [-0.15, -0.1) is 23.2 Å². The molecule has 0 bridgehead atoms. The first-order chi connectivity index (χ1) is 9.23. The zero-order valence-corrected chi connectivity index (χ0v) is 14.7. The van der Waals surface area contributed by atoms with Gasteiger partial charge in [0.2, 0.25) is 0 Å². The summed E-state index contributed by atoms with van der Waals surface area (Å²) in [6, 6.07) is 6.83. The summed E-state index contributed by atoms with van der Waals surface area (Å²) in [5.74, 6) is 0. The fraction of sp³-hybridized carbons (Fsp3) is 0.571. The van der Waals surface area contributed by atoms with E-state index in [4.69, 9.17) is 23.2 Å². The van der Waals surface area contributed by atoms with E-state index in [1.165, 1.54) is 6.07 Å². The predicted octanol–water partition coefficient (Wildman–Crippen LogP) is 0.800. The van der Waals surface area contributed by atoms with Crippen molar-refractivity contribution in [2.45, 2.75) is 31.1 Å². The normalized spacial score (nSPS) is 16.4. The highest BCUT2D eigenvalue weighted by atomic mass is 35.5. The number of benzene rings is 1. The Hall–Kier alpha value is -0.550. The van der Waals surface area contributed by atoms with Gasteiger partial charge in [0.25, 0.3) is 5.69 Å². The quantitative estimate of drug-likeness (QED) is 0.314. The molecule has 0 spiro atoms. The molecule has 1 aromatic rings. The average molecular weight is 356 g/mol. The molecule has 120 valence electrons. The molecule has 21 heavy (non-hydrogen) atoms. The average Bonchev–Trinajstić information content (AvgIpc) is 2.26. The number of hydrogen-bond acceptors (Lipinski definition) is 2. The Morgan fingerprint density at radius 1 is 1.19 bits per heavy atom. The Kier molecular flexibility index (Phi) is 8.56. The molecule has 7 heteroatoms. The molecule has 0 aliphatic carbocycles. The van der Waals surface area contributed by atoms with E-state index in [2.05, 4.69) is 0 Å². The van der Waals surface area contributed by atoms with Gasteiger partial charge in [0.1, 0.15) is 6.54 Å². The summed E-state index contributed by atoms with van der Waals surface area (Å²) in [6.07, 6.45) is 0. The third-order valence-corrected chi connectivity index (χ3v) is 3.40. The molecule has 1 rings (SSSR count). The summed E-state index contributed by atoms with van der Waals surface area (Å²) in [4.78, 5) is 10.8. The second-order valence-corrected chi connectivity index (χ2v) is 7.08. The molecule has 0 amide bonds. The summed E-state index contributed by atoms with van der Waals surface area (Å²) in [6.45, 7) is 5.83. The number of alkyl halides is 2. The molecular weight excluding hydrogens is 335 g/mol. The van der Waals surface area contributed by atoms with Crippen LogP contribution >= 0.6 is 23.2 Å². The largest absolute Gasteiger partial charge is 1.00 e. The lowest BCUT2D eigenvalue weighted by atomic mass is 10.1. The van der Waals surface area contributed by atoms with Crippen molar-refractivity contribution in [3.8, 4) is 0 Å². The SMILES string of the molecule is CC(Cl)C[N+](C)(Cc1ccccc1[N+](=O)[O-])CC(C)Cl.[Cl-]. The third kappa shape index (κ3) is 6.83. The lowest BCUT2D eigenvalue weighted by Gasteiger charge is -2.36. The van der Waals surface area contributed by atoms with Crippen molar-refractivity contribution in [1.29, 1.82) is 0 Å². The molecule has 0 aliphatic rings. The van der Waals surface area contributed by atoms with Crippen LogP contribution in [0.25, 0.3) is 0 Å². The van der Waals surface area contributed by atoms with Crippen molar-refractivity contribution in [3.05, 3.63) is 39.9 Å². The number of hydrogen-bond donors (Lipinski definition) is 0. The summed E-state index contributed by atoms with van der Waals surface area (Å²) in [7, 11) is 2.04. The highest BCUT2D eigenvalue weighted by Crippen LogP contribution is 2.24. The van der Waals surface area contributed by atoms with Gasteiger partial charge in [0.05, 0.1) is 41.4 Å². The number of nitrogens with zero attached hydrogens (tertiary/aromatic N) is 2. The van der Waals surface area contributed by atoms with Crippen LogP contribution in [0.1, 0.15) is 19.4 Å². The van der Waals surface area contributed by atoms with Crippen molar-refractivity contribution < 1.29 is 21.8 Å². The molecule has 0 fully saturated rings. The molecular formula is C14H21Cl3N2O2. The first-order valence-corrected chi connectivity index (χ1v) is 7.45. The number of para-hydroxylation sites is 1. The molecule has 0 aliphatic heterocycles. The minimum Gasteiger partial charge on any atom is -1.00 e. The fourth-order valence-electron chi connectivity index (χ4n) is 2.65. The van der Waals surface area contributed by atoms with Gasteiger partial charge in [-0.1, -0.05) is 12.1 Å². The van der Waals surface area contributed by atoms with Gasteiger partial charge in [-0.25, -0.2) is 0 Å². The maximum absolute atomic E-state index is 11.1. The topological polar surface area (TPSA) is 43.1 Å². The minimum absolute atomic E-state index is 0. The van der Waals surface area contributed by atoms with Gasteiger partial charge < -0.3 is 16.9 Å². The van der Waals surface area contributed by atoms with Crippen LogP contribution in [-0.2, 0) is 6.54 Å².